The summed E-state index contributed by atoms with van der Waals surface area (Å²) < 4.78 is 0. The molecule has 1 aromatic heterocycles. The standard InChI is InChI=1S/C28H27N7OS2/c1-18(36)35-23(19-12-14-20(15-13-19)33(2)3)16-26(32-35)29-28-31-30-27(38-28)17-34-21-8-4-6-10-24(21)37-25-11-7-5-9-22(25)34/h4-15,23H,16-17H2,1-3H3,(H,29,31,32). The third-order valence-corrected chi connectivity index (χ3v) is 8.53. The van der Waals surface area contributed by atoms with Gasteiger partial charge in [-0.05, 0) is 42.0 Å². The van der Waals surface area contributed by atoms with Crippen molar-refractivity contribution in [2.45, 2.75) is 35.7 Å². The molecule has 1 saturated heterocycles. The predicted molar refractivity (Wildman–Crippen MR) is 154 cm³/mol. The second kappa shape index (κ2) is 10.1. The van der Waals surface area contributed by atoms with Gasteiger partial charge in [0.2, 0.25) is 11.0 Å². The number of anilines is 3. The fourth-order valence-electron chi connectivity index (χ4n) is 4.72. The van der Waals surface area contributed by atoms with Gasteiger partial charge in [0.05, 0.1) is 24.0 Å². The Morgan fingerprint density at radius 1 is 1.00 bits per heavy atom. The minimum atomic E-state index is -0.131. The first-order valence-corrected chi connectivity index (χ1v) is 14.0. The molecule has 1 N–H and O–H groups in total. The van der Waals surface area contributed by atoms with Gasteiger partial charge in [-0.3, -0.25) is 10.2 Å². The second-order valence-corrected chi connectivity index (χ2v) is 11.5. The van der Waals surface area contributed by atoms with Gasteiger partial charge >= 0.3 is 0 Å². The topological polar surface area (TPSA) is 77.0 Å². The molecule has 1 atom stereocenters. The van der Waals surface area contributed by atoms with E-state index < -0.39 is 0 Å². The molecule has 1 unspecified atom stereocenters. The van der Waals surface area contributed by atoms with Crippen molar-refractivity contribution in [2.75, 3.05) is 23.9 Å². The van der Waals surface area contributed by atoms with Gasteiger partial charge in [0.25, 0.3) is 0 Å². The number of carbonyl (C=O) groups excluding carboxylic acids is 1. The summed E-state index contributed by atoms with van der Waals surface area (Å²) in [5, 5.41) is 11.9. The van der Waals surface area contributed by atoms with Gasteiger partial charge < -0.3 is 9.80 Å². The summed E-state index contributed by atoms with van der Waals surface area (Å²) in [6.07, 6.45) is 0.583. The third-order valence-electron chi connectivity index (χ3n) is 6.59. The van der Waals surface area contributed by atoms with Crippen molar-refractivity contribution < 1.29 is 4.79 Å². The second-order valence-electron chi connectivity index (χ2n) is 9.37. The Bertz CT molecular complexity index is 1470. The van der Waals surface area contributed by atoms with Gasteiger partial charge in [0, 0.05) is 42.9 Å². The van der Waals surface area contributed by atoms with Crippen LogP contribution in [0.25, 0.3) is 0 Å². The Hall–Kier alpha value is -3.89. The highest BCUT2D eigenvalue weighted by Gasteiger charge is 2.32. The number of aliphatic imine (C=N–C) groups is 1. The molecule has 6 rings (SSSR count). The van der Waals surface area contributed by atoms with Crippen molar-refractivity contribution in [1.29, 1.82) is 0 Å². The van der Waals surface area contributed by atoms with Crippen molar-refractivity contribution in [3.05, 3.63) is 83.4 Å². The Labute approximate surface area is 230 Å². The minimum Gasteiger partial charge on any atom is -0.378 e. The van der Waals surface area contributed by atoms with Gasteiger partial charge in [-0.2, -0.15) is 0 Å². The molecule has 10 heteroatoms. The molecule has 0 bridgehead atoms. The largest absolute Gasteiger partial charge is 0.378 e. The molecule has 2 aliphatic heterocycles. The summed E-state index contributed by atoms with van der Waals surface area (Å²) in [7, 11) is 4.02. The molecule has 38 heavy (non-hydrogen) atoms. The zero-order valence-electron chi connectivity index (χ0n) is 21.3. The highest BCUT2D eigenvalue weighted by molar-refractivity contribution is 7.99. The number of aromatic nitrogens is 2. The Morgan fingerprint density at radius 2 is 1.66 bits per heavy atom. The van der Waals surface area contributed by atoms with Gasteiger partial charge in [-0.25, -0.2) is 10.0 Å². The molecule has 0 aliphatic carbocycles. The summed E-state index contributed by atoms with van der Waals surface area (Å²) in [5.74, 6) is 0.643. The normalized spacial score (nSPS) is 17.2. The number of hydrogen-bond acceptors (Lipinski definition) is 8. The summed E-state index contributed by atoms with van der Waals surface area (Å²) in [5.41, 5.74) is 7.69. The molecule has 0 saturated carbocycles. The Kier molecular flexibility index (Phi) is 6.50. The van der Waals surface area contributed by atoms with Crippen LogP contribution in [0.1, 0.15) is 30.0 Å². The maximum atomic E-state index is 12.4. The van der Waals surface area contributed by atoms with Crippen molar-refractivity contribution in [3.8, 4) is 0 Å². The van der Waals surface area contributed by atoms with E-state index in [-0.39, 0.29) is 11.9 Å². The number of amidine groups is 1. The summed E-state index contributed by atoms with van der Waals surface area (Å²) in [6, 6.07) is 25.0. The van der Waals surface area contributed by atoms with Crippen LogP contribution in [0, 0.1) is 0 Å². The van der Waals surface area contributed by atoms with E-state index in [9.17, 15) is 4.79 Å². The van der Waals surface area contributed by atoms with Crippen molar-refractivity contribution in [1.82, 2.24) is 20.6 Å². The lowest BCUT2D eigenvalue weighted by atomic mass is 10.0. The van der Waals surface area contributed by atoms with Gasteiger partial charge in [0.15, 0.2) is 0 Å². The first-order valence-electron chi connectivity index (χ1n) is 12.3. The van der Waals surface area contributed by atoms with E-state index in [1.165, 1.54) is 21.1 Å². The molecule has 8 nitrogen and oxygen atoms in total. The first kappa shape index (κ1) is 24.4. The number of fused-ring (bicyclic) bond motifs is 2. The molecule has 1 fully saturated rings. The molecule has 3 aromatic carbocycles. The molecule has 192 valence electrons. The van der Waals surface area contributed by atoms with E-state index in [1.807, 2.05) is 14.1 Å². The molecule has 0 radical (unpaired) electrons. The van der Waals surface area contributed by atoms with Gasteiger partial charge in [-0.15, -0.1) is 10.2 Å². The number of hydrogen-bond donors (Lipinski definition) is 1. The fourth-order valence-corrected chi connectivity index (χ4v) is 6.54. The quantitative estimate of drug-likeness (QED) is 0.335. The number of para-hydroxylation sites is 2. The van der Waals surface area contributed by atoms with E-state index in [0.717, 1.165) is 27.6 Å². The summed E-state index contributed by atoms with van der Waals surface area (Å²) in [6.45, 7) is 2.16. The van der Waals surface area contributed by atoms with Crippen molar-refractivity contribution >= 4 is 57.0 Å². The smallest absolute Gasteiger partial charge is 0.238 e. The molecule has 4 aromatic rings. The van der Waals surface area contributed by atoms with Crippen molar-refractivity contribution in [2.24, 2.45) is 4.99 Å². The lowest BCUT2D eigenvalue weighted by Gasteiger charge is -2.31. The number of rotatable bonds is 5. The molecule has 2 aliphatic rings. The van der Waals surface area contributed by atoms with Crippen LogP contribution in [0.5, 0.6) is 0 Å². The zero-order valence-corrected chi connectivity index (χ0v) is 23.0. The highest BCUT2D eigenvalue weighted by atomic mass is 32.2. The maximum Gasteiger partial charge on any atom is 0.238 e. The first-order chi connectivity index (χ1) is 18.5. The fraction of sp³-hybridized carbons (Fsp3) is 0.214. The molecule has 3 heterocycles. The van der Waals surface area contributed by atoms with E-state index in [0.29, 0.717) is 23.9 Å². The average Bonchev–Trinajstić information content (AvgIpc) is 3.56. The van der Waals surface area contributed by atoms with Crippen LogP contribution in [0.15, 0.2) is 87.6 Å². The van der Waals surface area contributed by atoms with Crippen LogP contribution >= 0.6 is 23.1 Å². The van der Waals surface area contributed by atoms with Crippen LogP contribution in [-0.4, -0.2) is 41.0 Å². The lowest BCUT2D eigenvalue weighted by molar-refractivity contribution is -0.132. The van der Waals surface area contributed by atoms with Crippen LogP contribution in [0.4, 0.5) is 22.2 Å². The minimum absolute atomic E-state index is 0.0601. The highest BCUT2D eigenvalue weighted by Crippen LogP contribution is 2.48. The molecular formula is C28H27N7OS2. The number of benzene rings is 3. The maximum absolute atomic E-state index is 12.4. The van der Waals surface area contributed by atoms with Crippen LogP contribution < -0.4 is 15.2 Å². The number of nitrogens with one attached hydrogen (secondary N) is 1. The summed E-state index contributed by atoms with van der Waals surface area (Å²) >= 11 is 3.25. The number of hydrazine groups is 1. The van der Waals surface area contributed by atoms with Crippen LogP contribution in [0.3, 0.4) is 0 Å². The van der Waals surface area contributed by atoms with E-state index in [1.54, 1.807) is 23.7 Å². The number of carbonyl (C=O) groups is 1. The van der Waals surface area contributed by atoms with E-state index >= 15 is 0 Å². The molecule has 0 spiro atoms. The predicted octanol–water partition coefficient (Wildman–Crippen LogP) is 5.94. The number of nitrogens with zero attached hydrogens (tertiary/aromatic N) is 6. The van der Waals surface area contributed by atoms with Crippen LogP contribution in [-0.2, 0) is 11.3 Å². The van der Waals surface area contributed by atoms with Crippen molar-refractivity contribution in [3.63, 3.8) is 0 Å². The third kappa shape index (κ3) is 4.72. The Balaban J connectivity index is 1.23. The van der Waals surface area contributed by atoms with Gasteiger partial charge in [-0.1, -0.05) is 59.5 Å². The average molecular weight is 542 g/mol. The SMILES string of the molecule is CC(=O)N1N/C(=N\c2nnc(CN3c4ccccc4Sc4ccccc43)s2)CC1c1ccc(N(C)C)cc1. The molecule has 1 amide bonds. The lowest BCUT2D eigenvalue weighted by Crippen LogP contribution is -2.38. The molecular weight excluding hydrogens is 514 g/mol. The van der Waals surface area contributed by atoms with Crippen LogP contribution in [0.2, 0.25) is 0 Å². The summed E-state index contributed by atoms with van der Waals surface area (Å²) in [4.78, 5) is 23.9. The number of amides is 1. The van der Waals surface area contributed by atoms with Gasteiger partial charge in [0.1, 0.15) is 10.8 Å². The monoisotopic (exact) mass is 541 g/mol. The zero-order chi connectivity index (χ0) is 26.2. The van der Waals surface area contributed by atoms with E-state index in [2.05, 4.69) is 98.2 Å². The Morgan fingerprint density at radius 3 is 2.29 bits per heavy atom. The van der Waals surface area contributed by atoms with E-state index in [4.69, 9.17) is 4.99 Å².